The molecule has 0 aliphatic heterocycles. The van der Waals surface area contributed by atoms with Crippen molar-refractivity contribution in [2.75, 3.05) is 5.32 Å². The first-order valence-corrected chi connectivity index (χ1v) is 8.20. The molecule has 21 heavy (non-hydrogen) atoms. The molecule has 0 bridgehead atoms. The number of carbonyl (C=O) groups excluding carboxylic acids is 1. The van der Waals surface area contributed by atoms with E-state index in [1.54, 1.807) is 12.1 Å². The van der Waals surface area contributed by atoms with Gasteiger partial charge in [0, 0.05) is 11.6 Å². The summed E-state index contributed by atoms with van der Waals surface area (Å²) in [5.74, 6) is 1.38. The third-order valence-corrected chi connectivity index (χ3v) is 4.65. The number of benzene rings is 1. The van der Waals surface area contributed by atoms with E-state index in [0.717, 1.165) is 30.0 Å². The number of nitrogens with one attached hydrogen (secondary N) is 1. The molecule has 0 atom stereocenters. The second kappa shape index (κ2) is 7.48. The first-order valence-electron chi connectivity index (χ1n) is 8.20. The van der Waals surface area contributed by atoms with Crippen molar-refractivity contribution >= 4 is 11.6 Å². The van der Waals surface area contributed by atoms with E-state index >= 15 is 0 Å². The van der Waals surface area contributed by atoms with E-state index in [9.17, 15) is 9.90 Å². The zero-order valence-corrected chi connectivity index (χ0v) is 13.2. The van der Waals surface area contributed by atoms with E-state index in [-0.39, 0.29) is 17.6 Å². The van der Waals surface area contributed by atoms with Crippen LogP contribution in [0.4, 0.5) is 5.69 Å². The number of carbonyl (C=O) groups is 1. The number of anilines is 1. The second-order valence-electron chi connectivity index (χ2n) is 6.35. The molecule has 0 radical (unpaired) electrons. The van der Waals surface area contributed by atoms with E-state index in [2.05, 4.69) is 12.2 Å². The summed E-state index contributed by atoms with van der Waals surface area (Å²) in [5, 5.41) is 12.5. The molecule has 0 aromatic heterocycles. The predicted molar refractivity (Wildman–Crippen MR) is 86.4 cm³/mol. The number of amides is 1. The highest BCUT2D eigenvalue weighted by Gasteiger charge is 2.26. The Hall–Kier alpha value is -1.51. The number of hydrogen-bond acceptors (Lipinski definition) is 2. The van der Waals surface area contributed by atoms with Crippen LogP contribution in [0.2, 0.25) is 0 Å². The molecule has 0 unspecified atom stereocenters. The fourth-order valence-electron chi connectivity index (χ4n) is 3.18. The van der Waals surface area contributed by atoms with Crippen molar-refractivity contribution in [1.29, 1.82) is 0 Å². The standard InChI is InChI=1S/C18H27NO2/c1-3-4-5-14-6-8-15(9-7-14)18(21)19-16-10-11-17(20)13(2)12-16/h10-12,14-15,20H,3-9H2,1-2H3,(H,19,21). The van der Waals surface area contributed by atoms with Crippen LogP contribution in [-0.4, -0.2) is 11.0 Å². The van der Waals surface area contributed by atoms with Crippen molar-refractivity contribution in [2.24, 2.45) is 11.8 Å². The summed E-state index contributed by atoms with van der Waals surface area (Å²) in [6.07, 6.45) is 8.30. The third kappa shape index (κ3) is 4.48. The fourth-order valence-corrected chi connectivity index (χ4v) is 3.18. The van der Waals surface area contributed by atoms with Crippen LogP contribution < -0.4 is 5.32 Å². The lowest BCUT2D eigenvalue weighted by Gasteiger charge is -2.27. The maximum Gasteiger partial charge on any atom is 0.227 e. The Bertz CT molecular complexity index is 476. The topological polar surface area (TPSA) is 49.3 Å². The van der Waals surface area contributed by atoms with Crippen LogP contribution in [0.1, 0.15) is 57.4 Å². The van der Waals surface area contributed by atoms with Gasteiger partial charge in [-0.15, -0.1) is 0 Å². The third-order valence-electron chi connectivity index (χ3n) is 4.65. The molecule has 2 N–H and O–H groups in total. The summed E-state index contributed by atoms with van der Waals surface area (Å²) < 4.78 is 0. The highest BCUT2D eigenvalue weighted by molar-refractivity contribution is 5.92. The van der Waals surface area contributed by atoms with Gasteiger partial charge in [-0.3, -0.25) is 4.79 Å². The first kappa shape index (κ1) is 15.9. The lowest BCUT2D eigenvalue weighted by atomic mass is 9.79. The maximum atomic E-state index is 12.3. The van der Waals surface area contributed by atoms with Gasteiger partial charge in [-0.2, -0.15) is 0 Å². The molecule has 1 fully saturated rings. The molecular weight excluding hydrogens is 262 g/mol. The second-order valence-corrected chi connectivity index (χ2v) is 6.35. The molecular formula is C18H27NO2. The number of phenols is 1. The number of hydrogen-bond donors (Lipinski definition) is 2. The SMILES string of the molecule is CCCCC1CCC(C(=O)Nc2ccc(O)c(C)c2)CC1. The Morgan fingerprint density at radius 3 is 2.62 bits per heavy atom. The Balaban J connectivity index is 1.83. The van der Waals surface area contributed by atoms with Crippen LogP contribution in [0.5, 0.6) is 5.75 Å². The van der Waals surface area contributed by atoms with E-state index < -0.39 is 0 Å². The number of aromatic hydroxyl groups is 1. The van der Waals surface area contributed by atoms with Gasteiger partial charge in [-0.1, -0.05) is 26.2 Å². The summed E-state index contributed by atoms with van der Waals surface area (Å²) in [7, 11) is 0. The quantitative estimate of drug-likeness (QED) is 0.776. The summed E-state index contributed by atoms with van der Waals surface area (Å²) >= 11 is 0. The van der Waals surface area contributed by atoms with Crippen LogP contribution in [0, 0.1) is 18.8 Å². The molecule has 1 amide bonds. The molecule has 2 rings (SSSR count). The molecule has 0 spiro atoms. The van der Waals surface area contributed by atoms with Gasteiger partial charge in [-0.05, 0) is 62.3 Å². The van der Waals surface area contributed by atoms with Crippen LogP contribution in [0.25, 0.3) is 0 Å². The molecule has 1 saturated carbocycles. The fraction of sp³-hybridized carbons (Fsp3) is 0.611. The van der Waals surface area contributed by atoms with Crippen LogP contribution in [0.15, 0.2) is 18.2 Å². The minimum atomic E-state index is 0.133. The minimum absolute atomic E-state index is 0.133. The molecule has 1 aromatic rings. The summed E-state index contributed by atoms with van der Waals surface area (Å²) in [6, 6.07) is 5.21. The van der Waals surface area contributed by atoms with E-state index in [1.807, 2.05) is 13.0 Å². The Labute approximate surface area is 127 Å². The van der Waals surface area contributed by atoms with Crippen molar-refractivity contribution in [3.8, 4) is 5.75 Å². The van der Waals surface area contributed by atoms with Gasteiger partial charge in [0.2, 0.25) is 5.91 Å². The summed E-state index contributed by atoms with van der Waals surface area (Å²) in [4.78, 5) is 12.3. The Morgan fingerprint density at radius 1 is 1.29 bits per heavy atom. The van der Waals surface area contributed by atoms with Gasteiger partial charge < -0.3 is 10.4 Å². The largest absolute Gasteiger partial charge is 0.508 e. The van der Waals surface area contributed by atoms with E-state index in [4.69, 9.17) is 0 Å². The lowest BCUT2D eigenvalue weighted by Crippen LogP contribution is -2.27. The summed E-state index contributed by atoms with van der Waals surface area (Å²) in [6.45, 7) is 4.07. The van der Waals surface area contributed by atoms with Crippen molar-refractivity contribution < 1.29 is 9.90 Å². The van der Waals surface area contributed by atoms with Crippen molar-refractivity contribution in [3.05, 3.63) is 23.8 Å². The van der Waals surface area contributed by atoms with Crippen molar-refractivity contribution in [1.82, 2.24) is 0 Å². The average molecular weight is 289 g/mol. The highest BCUT2D eigenvalue weighted by Crippen LogP contribution is 2.32. The van der Waals surface area contributed by atoms with Gasteiger partial charge in [-0.25, -0.2) is 0 Å². The Kier molecular flexibility index (Phi) is 5.66. The van der Waals surface area contributed by atoms with Crippen LogP contribution in [0.3, 0.4) is 0 Å². The van der Waals surface area contributed by atoms with Crippen molar-refractivity contribution in [3.63, 3.8) is 0 Å². The van der Waals surface area contributed by atoms with Gasteiger partial charge in [0.1, 0.15) is 5.75 Å². The first-order chi connectivity index (χ1) is 10.1. The molecule has 1 aromatic carbocycles. The Morgan fingerprint density at radius 2 is 2.00 bits per heavy atom. The van der Waals surface area contributed by atoms with Gasteiger partial charge in [0.25, 0.3) is 0 Å². The molecule has 116 valence electrons. The molecule has 1 aliphatic carbocycles. The normalized spacial score (nSPS) is 22.0. The zero-order valence-electron chi connectivity index (χ0n) is 13.2. The molecule has 1 aliphatic rings. The molecule has 3 nitrogen and oxygen atoms in total. The van der Waals surface area contributed by atoms with Gasteiger partial charge >= 0.3 is 0 Å². The van der Waals surface area contributed by atoms with Crippen molar-refractivity contribution in [2.45, 2.75) is 58.8 Å². The molecule has 0 heterocycles. The number of phenolic OH excluding ortho intramolecular Hbond substituents is 1. The maximum absolute atomic E-state index is 12.3. The lowest BCUT2D eigenvalue weighted by molar-refractivity contribution is -0.121. The summed E-state index contributed by atoms with van der Waals surface area (Å²) in [5.41, 5.74) is 1.57. The smallest absolute Gasteiger partial charge is 0.227 e. The predicted octanol–water partition coefficient (Wildman–Crippen LogP) is 4.64. The van der Waals surface area contributed by atoms with Gasteiger partial charge in [0.15, 0.2) is 0 Å². The highest BCUT2D eigenvalue weighted by atomic mass is 16.3. The van der Waals surface area contributed by atoms with Crippen LogP contribution in [-0.2, 0) is 4.79 Å². The monoisotopic (exact) mass is 289 g/mol. The number of unbranched alkanes of at least 4 members (excludes halogenated alkanes) is 1. The number of aryl methyl sites for hydroxylation is 1. The molecule has 3 heteroatoms. The van der Waals surface area contributed by atoms with E-state index in [1.165, 1.54) is 32.1 Å². The van der Waals surface area contributed by atoms with E-state index in [0.29, 0.717) is 0 Å². The average Bonchev–Trinajstić information content (AvgIpc) is 2.49. The van der Waals surface area contributed by atoms with Crippen LogP contribution >= 0.6 is 0 Å². The molecule has 0 saturated heterocycles. The van der Waals surface area contributed by atoms with Gasteiger partial charge in [0.05, 0.1) is 0 Å². The number of rotatable bonds is 5. The zero-order chi connectivity index (χ0) is 15.2. The minimum Gasteiger partial charge on any atom is -0.508 e.